The Hall–Kier alpha value is -3.47. The van der Waals surface area contributed by atoms with Gasteiger partial charge in [0.2, 0.25) is 6.29 Å². The third-order valence-electron chi connectivity index (χ3n) is 8.47. The average Bonchev–Trinajstić information content (AvgIpc) is 3.05. The van der Waals surface area contributed by atoms with Gasteiger partial charge in [0.15, 0.2) is 42.4 Å². The van der Waals surface area contributed by atoms with Gasteiger partial charge in [0, 0.05) is 31.4 Å². The molecule has 0 aliphatic carbocycles. The lowest BCUT2D eigenvalue weighted by Gasteiger charge is -2.46. The monoisotopic (exact) mass is 716 g/mol. The van der Waals surface area contributed by atoms with Gasteiger partial charge in [-0.05, 0) is 26.0 Å². The molecule has 7 N–H and O–H groups in total. The largest absolute Gasteiger partial charge is 0.504 e. The van der Waals surface area contributed by atoms with Crippen LogP contribution in [-0.4, -0.2) is 146 Å². The molecule has 0 spiro atoms. The highest BCUT2D eigenvalue weighted by Gasteiger charge is 2.53. The Labute approximate surface area is 283 Å². The fraction of sp³-hybridized carbons (Fsp3) is 0.645. The summed E-state index contributed by atoms with van der Waals surface area (Å²) in [5.41, 5.74) is -0.698. The molecular weight excluding hydrogens is 676 g/mol. The number of aliphatic hydroxyl groups is 6. The summed E-state index contributed by atoms with van der Waals surface area (Å²) in [6, 6.07) is 4.91. The number of benzene rings is 1. The van der Waals surface area contributed by atoms with Crippen molar-refractivity contribution in [3.05, 3.63) is 34.7 Å². The van der Waals surface area contributed by atoms with Crippen molar-refractivity contribution < 1.29 is 87.6 Å². The van der Waals surface area contributed by atoms with E-state index in [0.29, 0.717) is 5.39 Å². The van der Waals surface area contributed by atoms with E-state index in [4.69, 9.17) is 42.3 Å². The number of phenolic OH excluding ortho intramolecular Hbond substituents is 1. The number of hydrogen-bond acceptors (Lipinski definition) is 19. The van der Waals surface area contributed by atoms with Gasteiger partial charge < -0.3 is 78.1 Å². The molecule has 0 radical (unpaired) electrons. The Bertz CT molecular complexity index is 1560. The zero-order valence-corrected chi connectivity index (χ0v) is 27.2. The first-order valence-corrected chi connectivity index (χ1v) is 15.7. The second kappa shape index (κ2) is 15.4. The first kappa shape index (κ1) is 37.8. The molecule has 1 aromatic heterocycles. The van der Waals surface area contributed by atoms with Crippen LogP contribution < -0.4 is 10.4 Å². The van der Waals surface area contributed by atoms with Crippen LogP contribution >= 0.6 is 0 Å². The number of phenols is 1. The number of aliphatic hydroxyl groups excluding tert-OH is 6. The molecule has 3 aliphatic heterocycles. The molecular formula is C31H40O19. The summed E-state index contributed by atoms with van der Waals surface area (Å²) in [6.45, 7) is 4.43. The summed E-state index contributed by atoms with van der Waals surface area (Å²) >= 11 is 0. The quantitative estimate of drug-likeness (QED) is 0.104. The topological polar surface area (TPSA) is 280 Å². The van der Waals surface area contributed by atoms with Gasteiger partial charge in [0.1, 0.15) is 48.3 Å². The molecule has 50 heavy (non-hydrogen) atoms. The molecule has 0 bridgehead atoms. The molecule has 0 amide bonds. The number of hydrogen-bond donors (Lipinski definition) is 7. The number of fused-ring (bicyclic) bond motifs is 1. The van der Waals surface area contributed by atoms with Gasteiger partial charge in [0.05, 0.1) is 18.8 Å². The van der Waals surface area contributed by atoms with Gasteiger partial charge >= 0.3 is 17.6 Å². The SMILES string of the molecule is CC(=O)O[C@@H]1[C@@H](O)[C@@H](OC(C)=O)[C@H](OC[C@H]2O[C@@H](Oc3cc4oc(=O)ccc4cc3O)[C@H](O[C@@H]3O[C@@H](C)[C@H](O)[C@@H](O)[C@H]3O)[C@@H](O)[C@@H]2O)O[C@H]1C. The van der Waals surface area contributed by atoms with E-state index in [1.807, 2.05) is 0 Å². The minimum atomic E-state index is -1.91. The van der Waals surface area contributed by atoms with E-state index >= 15 is 0 Å². The van der Waals surface area contributed by atoms with Crippen LogP contribution in [0.25, 0.3) is 11.0 Å². The molecule has 3 saturated heterocycles. The van der Waals surface area contributed by atoms with E-state index in [1.54, 1.807) is 0 Å². The van der Waals surface area contributed by atoms with E-state index in [9.17, 15) is 50.1 Å². The first-order chi connectivity index (χ1) is 23.5. The van der Waals surface area contributed by atoms with Crippen LogP contribution in [0.1, 0.15) is 27.7 Å². The lowest BCUT2D eigenvalue weighted by atomic mass is 9.97. The Kier molecular flexibility index (Phi) is 11.6. The van der Waals surface area contributed by atoms with Gasteiger partial charge in [-0.2, -0.15) is 0 Å². The number of rotatable bonds is 9. The van der Waals surface area contributed by atoms with E-state index in [1.165, 1.54) is 26.0 Å². The Morgan fingerprint density at radius 1 is 0.720 bits per heavy atom. The van der Waals surface area contributed by atoms with Crippen molar-refractivity contribution in [2.75, 3.05) is 6.61 Å². The van der Waals surface area contributed by atoms with Crippen molar-refractivity contribution in [1.82, 2.24) is 0 Å². The van der Waals surface area contributed by atoms with Crippen molar-refractivity contribution in [2.24, 2.45) is 0 Å². The van der Waals surface area contributed by atoms with Crippen molar-refractivity contribution in [1.29, 1.82) is 0 Å². The second-order valence-corrected chi connectivity index (χ2v) is 12.2. The molecule has 19 heteroatoms. The molecule has 15 atom stereocenters. The summed E-state index contributed by atoms with van der Waals surface area (Å²) in [6.07, 6.45) is -23.3. The van der Waals surface area contributed by atoms with Crippen LogP contribution in [0.4, 0.5) is 0 Å². The van der Waals surface area contributed by atoms with Gasteiger partial charge in [-0.3, -0.25) is 9.59 Å². The summed E-state index contributed by atoms with van der Waals surface area (Å²) in [5.74, 6) is -2.35. The highest BCUT2D eigenvalue weighted by atomic mass is 16.8. The van der Waals surface area contributed by atoms with Gasteiger partial charge in [-0.15, -0.1) is 0 Å². The standard InChI is InChI=1S/C31H40O19/c1-10-20(36)22(38)24(40)29(43-10)50-27-23(39)21(37)18(49-31(27)48-17-8-16-14(7-15(17)34)5-6-19(35)47-16)9-42-30-28(46-13(4)33)25(41)26(11(2)44-30)45-12(3)32/h5-8,10-11,18,20-31,34,36-41H,9H2,1-4H3/t10-,11-,18+,20-,21+,22+,23-,24+,25+,26-,27+,28+,29-,30+,31+/m0/s1. The van der Waals surface area contributed by atoms with Gasteiger partial charge in [0.25, 0.3) is 0 Å². The highest BCUT2D eigenvalue weighted by Crippen LogP contribution is 2.36. The second-order valence-electron chi connectivity index (χ2n) is 12.2. The predicted molar refractivity (Wildman–Crippen MR) is 160 cm³/mol. The zero-order valence-electron chi connectivity index (χ0n) is 27.2. The number of ether oxygens (including phenoxy) is 8. The summed E-state index contributed by atoms with van der Waals surface area (Å²) in [7, 11) is 0. The van der Waals surface area contributed by atoms with Crippen molar-refractivity contribution >= 4 is 22.9 Å². The smallest absolute Gasteiger partial charge is 0.336 e. The lowest BCUT2D eigenvalue weighted by Crippen LogP contribution is -2.65. The predicted octanol–water partition coefficient (Wildman–Crippen LogP) is -2.48. The third-order valence-corrected chi connectivity index (χ3v) is 8.47. The summed E-state index contributed by atoms with van der Waals surface area (Å²) < 4.78 is 50.0. The van der Waals surface area contributed by atoms with E-state index in [-0.39, 0.29) is 11.3 Å². The van der Waals surface area contributed by atoms with E-state index in [0.717, 1.165) is 26.0 Å². The van der Waals surface area contributed by atoms with Crippen LogP contribution in [0.15, 0.2) is 33.5 Å². The average molecular weight is 717 g/mol. The fourth-order valence-corrected chi connectivity index (χ4v) is 5.86. The Balaban J connectivity index is 1.40. The minimum Gasteiger partial charge on any atom is -0.504 e. The summed E-state index contributed by atoms with van der Waals surface area (Å²) in [5, 5.41) is 75.3. The van der Waals surface area contributed by atoms with E-state index < -0.39 is 122 Å². The van der Waals surface area contributed by atoms with E-state index in [2.05, 4.69) is 0 Å². The van der Waals surface area contributed by atoms with Crippen molar-refractivity contribution in [3.8, 4) is 11.5 Å². The maximum atomic E-state index is 11.9. The normalized spacial score (nSPS) is 39.1. The number of aromatic hydroxyl groups is 1. The molecule has 0 unspecified atom stereocenters. The molecule has 5 rings (SSSR count). The lowest BCUT2D eigenvalue weighted by molar-refractivity contribution is -0.360. The van der Waals surface area contributed by atoms with Crippen LogP contribution in [-0.2, 0) is 42.7 Å². The maximum Gasteiger partial charge on any atom is 0.336 e. The van der Waals surface area contributed by atoms with Crippen LogP contribution in [0.2, 0.25) is 0 Å². The molecule has 3 fully saturated rings. The number of carbonyl (C=O) groups excluding carboxylic acids is 2. The van der Waals surface area contributed by atoms with Gasteiger partial charge in [-0.1, -0.05) is 0 Å². The molecule has 278 valence electrons. The van der Waals surface area contributed by atoms with Gasteiger partial charge in [-0.25, -0.2) is 4.79 Å². The maximum absolute atomic E-state index is 11.9. The molecule has 1 aromatic carbocycles. The highest BCUT2D eigenvalue weighted by molar-refractivity contribution is 5.80. The molecule has 3 aliphatic rings. The van der Waals surface area contributed by atoms with Crippen molar-refractivity contribution in [2.45, 2.75) is 120 Å². The fourth-order valence-electron chi connectivity index (χ4n) is 5.86. The van der Waals surface area contributed by atoms with Crippen molar-refractivity contribution in [3.63, 3.8) is 0 Å². The Morgan fingerprint density at radius 3 is 2.06 bits per heavy atom. The third kappa shape index (κ3) is 8.03. The summed E-state index contributed by atoms with van der Waals surface area (Å²) in [4.78, 5) is 35.3. The molecule has 4 heterocycles. The molecule has 19 nitrogen and oxygen atoms in total. The Morgan fingerprint density at radius 2 is 1.38 bits per heavy atom. The molecule has 2 aromatic rings. The number of esters is 2. The van der Waals surface area contributed by atoms with Crippen LogP contribution in [0, 0.1) is 0 Å². The zero-order chi connectivity index (χ0) is 36.6. The van der Waals surface area contributed by atoms with Crippen LogP contribution in [0.3, 0.4) is 0 Å². The minimum absolute atomic E-state index is 0.00158. The van der Waals surface area contributed by atoms with Crippen LogP contribution in [0.5, 0.6) is 11.5 Å². The number of carbonyl (C=O) groups is 2. The molecule has 0 saturated carbocycles. The first-order valence-electron chi connectivity index (χ1n) is 15.7.